The maximum atomic E-state index is 12.0. The molecular weight excluding hydrogens is 308 g/mol. The second-order valence-electron chi connectivity index (χ2n) is 5.46. The summed E-state index contributed by atoms with van der Waals surface area (Å²) in [6.45, 7) is 2.71. The Morgan fingerprint density at radius 3 is 2.95 bits per heavy atom. The van der Waals surface area contributed by atoms with Gasteiger partial charge in [0.2, 0.25) is 10.0 Å². The molecule has 1 aromatic carbocycles. The van der Waals surface area contributed by atoms with Crippen LogP contribution < -0.4 is 15.2 Å². The van der Waals surface area contributed by atoms with Gasteiger partial charge in [-0.2, -0.15) is 11.8 Å². The van der Waals surface area contributed by atoms with Gasteiger partial charge in [0.25, 0.3) is 0 Å². The van der Waals surface area contributed by atoms with E-state index in [-0.39, 0.29) is 17.1 Å². The van der Waals surface area contributed by atoms with E-state index in [1.807, 2.05) is 11.8 Å². The molecule has 1 unspecified atom stereocenters. The van der Waals surface area contributed by atoms with E-state index < -0.39 is 10.0 Å². The minimum Gasteiger partial charge on any atom is -0.492 e. The normalized spacial score (nSPS) is 22.3. The number of ether oxygens (including phenoxy) is 1. The third kappa shape index (κ3) is 5.41. The van der Waals surface area contributed by atoms with E-state index in [0.29, 0.717) is 18.0 Å². The molecule has 0 bridgehead atoms. The van der Waals surface area contributed by atoms with Crippen LogP contribution in [-0.2, 0) is 10.0 Å². The van der Waals surface area contributed by atoms with Crippen LogP contribution in [0.4, 0.5) is 5.69 Å². The monoisotopic (exact) mass is 330 g/mol. The molecule has 118 valence electrons. The van der Waals surface area contributed by atoms with Gasteiger partial charge in [0.15, 0.2) is 0 Å². The minimum absolute atomic E-state index is 0.0296. The van der Waals surface area contributed by atoms with Gasteiger partial charge in [-0.3, -0.25) is 0 Å². The van der Waals surface area contributed by atoms with Gasteiger partial charge in [0.1, 0.15) is 12.4 Å². The summed E-state index contributed by atoms with van der Waals surface area (Å²) in [5, 5.41) is 0. The number of hydrogen-bond acceptors (Lipinski definition) is 5. The molecule has 7 heteroatoms. The molecule has 0 aliphatic carbocycles. The van der Waals surface area contributed by atoms with Gasteiger partial charge in [0, 0.05) is 23.0 Å². The second-order valence-corrected chi connectivity index (χ2v) is 9.07. The quantitative estimate of drug-likeness (QED) is 0.746. The second kappa shape index (κ2) is 6.89. The van der Waals surface area contributed by atoms with Crippen molar-refractivity contribution in [3.8, 4) is 5.75 Å². The van der Waals surface area contributed by atoms with Gasteiger partial charge in [-0.1, -0.05) is 6.07 Å². The molecule has 0 aromatic heterocycles. The average molecular weight is 330 g/mol. The lowest BCUT2D eigenvalue weighted by atomic mass is 10.1. The first kappa shape index (κ1) is 16.5. The van der Waals surface area contributed by atoms with E-state index in [0.717, 1.165) is 18.6 Å². The van der Waals surface area contributed by atoms with Crippen LogP contribution in [0.15, 0.2) is 24.3 Å². The van der Waals surface area contributed by atoms with Crippen LogP contribution in [0.5, 0.6) is 5.75 Å². The van der Waals surface area contributed by atoms with Gasteiger partial charge < -0.3 is 10.5 Å². The molecule has 0 radical (unpaired) electrons. The van der Waals surface area contributed by atoms with Crippen molar-refractivity contribution in [1.29, 1.82) is 0 Å². The summed E-state index contributed by atoms with van der Waals surface area (Å²) >= 11 is 1.84. The third-order valence-electron chi connectivity index (χ3n) is 3.45. The van der Waals surface area contributed by atoms with E-state index in [9.17, 15) is 8.42 Å². The van der Waals surface area contributed by atoms with Crippen LogP contribution in [-0.4, -0.2) is 37.8 Å². The summed E-state index contributed by atoms with van der Waals surface area (Å²) in [5.41, 5.74) is 6.23. The molecule has 5 nitrogen and oxygen atoms in total. The van der Waals surface area contributed by atoms with Gasteiger partial charge in [0.05, 0.1) is 5.75 Å². The topological polar surface area (TPSA) is 81.4 Å². The van der Waals surface area contributed by atoms with E-state index in [2.05, 4.69) is 11.6 Å². The van der Waals surface area contributed by atoms with Crippen LogP contribution in [0.2, 0.25) is 0 Å². The van der Waals surface area contributed by atoms with Crippen LogP contribution in [0.3, 0.4) is 0 Å². The van der Waals surface area contributed by atoms with Crippen molar-refractivity contribution >= 4 is 27.5 Å². The number of nitrogens with two attached hydrogens (primary N) is 1. The van der Waals surface area contributed by atoms with Gasteiger partial charge in [-0.05, 0) is 37.7 Å². The number of nitrogen functional groups attached to an aromatic ring is 1. The molecule has 0 saturated carbocycles. The van der Waals surface area contributed by atoms with Crippen molar-refractivity contribution in [2.45, 2.75) is 24.5 Å². The Morgan fingerprint density at radius 1 is 1.48 bits per heavy atom. The molecular formula is C14H22N2O3S2. The molecule has 0 spiro atoms. The molecule has 3 N–H and O–H groups in total. The lowest BCUT2D eigenvalue weighted by Crippen LogP contribution is -2.38. The standard InChI is InChI=1S/C14H22N2O3S2/c1-14(6-3-8-20-14)11-16-21(17,18)9-7-19-13-5-2-4-12(15)10-13/h2,4-5,10,16H,3,6-9,11,15H2,1H3. The zero-order chi connectivity index (χ0) is 15.3. The van der Waals surface area contributed by atoms with E-state index in [1.165, 1.54) is 0 Å². The lowest BCUT2D eigenvalue weighted by molar-refractivity contribution is 0.340. The van der Waals surface area contributed by atoms with Gasteiger partial charge in [-0.15, -0.1) is 0 Å². The lowest BCUT2D eigenvalue weighted by Gasteiger charge is -2.22. The molecule has 1 heterocycles. The zero-order valence-electron chi connectivity index (χ0n) is 12.2. The van der Waals surface area contributed by atoms with Crippen molar-refractivity contribution in [1.82, 2.24) is 4.72 Å². The average Bonchev–Trinajstić information content (AvgIpc) is 2.84. The highest BCUT2D eigenvalue weighted by Gasteiger charge is 2.30. The highest BCUT2D eigenvalue weighted by atomic mass is 32.2. The predicted molar refractivity (Wildman–Crippen MR) is 88.2 cm³/mol. The number of hydrogen-bond donors (Lipinski definition) is 2. The first-order valence-corrected chi connectivity index (χ1v) is 9.62. The van der Waals surface area contributed by atoms with Crippen molar-refractivity contribution < 1.29 is 13.2 Å². The molecule has 2 rings (SSSR count). The minimum atomic E-state index is -3.31. The molecule has 1 saturated heterocycles. The summed E-state index contributed by atoms with van der Waals surface area (Å²) in [7, 11) is -3.31. The van der Waals surface area contributed by atoms with E-state index in [1.54, 1.807) is 24.3 Å². The Balaban J connectivity index is 1.76. The zero-order valence-corrected chi connectivity index (χ0v) is 13.8. The van der Waals surface area contributed by atoms with Crippen LogP contribution in [0.1, 0.15) is 19.8 Å². The molecule has 1 atom stereocenters. The number of anilines is 1. The van der Waals surface area contributed by atoms with Crippen LogP contribution in [0.25, 0.3) is 0 Å². The summed E-state index contributed by atoms with van der Waals surface area (Å²) in [6.07, 6.45) is 2.21. The number of thioether (sulfide) groups is 1. The third-order valence-corrected chi connectivity index (χ3v) is 6.27. The first-order chi connectivity index (χ1) is 9.89. The van der Waals surface area contributed by atoms with Crippen molar-refractivity contribution in [2.75, 3.05) is 30.4 Å². The number of rotatable bonds is 7. The molecule has 21 heavy (non-hydrogen) atoms. The Hall–Kier alpha value is -0.920. The molecule has 1 aromatic rings. The maximum absolute atomic E-state index is 12.0. The summed E-state index contributed by atoms with van der Waals surface area (Å²) in [5.74, 6) is 1.64. The summed E-state index contributed by atoms with van der Waals surface area (Å²) in [6, 6.07) is 6.96. The summed E-state index contributed by atoms with van der Waals surface area (Å²) in [4.78, 5) is 0. The van der Waals surface area contributed by atoms with Crippen molar-refractivity contribution in [3.05, 3.63) is 24.3 Å². The Kier molecular flexibility index (Phi) is 5.40. The highest BCUT2D eigenvalue weighted by Crippen LogP contribution is 2.37. The Labute approximate surface area is 130 Å². The maximum Gasteiger partial charge on any atom is 0.215 e. The molecule has 0 amide bonds. The fraction of sp³-hybridized carbons (Fsp3) is 0.571. The van der Waals surface area contributed by atoms with E-state index in [4.69, 9.17) is 10.5 Å². The Bertz CT molecular complexity index is 569. The predicted octanol–water partition coefficient (Wildman–Crippen LogP) is 1.85. The van der Waals surface area contributed by atoms with E-state index >= 15 is 0 Å². The first-order valence-electron chi connectivity index (χ1n) is 6.98. The largest absolute Gasteiger partial charge is 0.492 e. The van der Waals surface area contributed by atoms with Gasteiger partial charge in [-0.25, -0.2) is 13.1 Å². The fourth-order valence-corrected chi connectivity index (χ4v) is 4.51. The number of sulfonamides is 1. The van der Waals surface area contributed by atoms with Crippen LogP contribution in [0, 0.1) is 0 Å². The van der Waals surface area contributed by atoms with Crippen LogP contribution >= 0.6 is 11.8 Å². The molecule has 1 fully saturated rings. The smallest absolute Gasteiger partial charge is 0.215 e. The van der Waals surface area contributed by atoms with Crippen molar-refractivity contribution in [2.24, 2.45) is 0 Å². The Morgan fingerprint density at radius 2 is 2.29 bits per heavy atom. The fourth-order valence-electron chi connectivity index (χ4n) is 2.18. The summed E-state index contributed by atoms with van der Waals surface area (Å²) < 4.78 is 32.1. The number of nitrogens with one attached hydrogen (secondary N) is 1. The number of benzene rings is 1. The van der Waals surface area contributed by atoms with Crippen molar-refractivity contribution in [3.63, 3.8) is 0 Å². The highest BCUT2D eigenvalue weighted by molar-refractivity contribution is 8.01. The van der Waals surface area contributed by atoms with Gasteiger partial charge >= 0.3 is 0 Å². The molecule has 1 aliphatic rings. The molecule has 1 aliphatic heterocycles. The SMILES string of the molecule is CC1(CNS(=O)(=O)CCOc2cccc(N)c2)CCCS1.